The normalized spacial score (nSPS) is 13.2. The lowest BCUT2D eigenvalue weighted by atomic mass is 9.67. The minimum absolute atomic E-state index is 0.453. The summed E-state index contributed by atoms with van der Waals surface area (Å²) in [6.07, 6.45) is 9.76. The highest BCUT2D eigenvalue weighted by Crippen LogP contribution is 2.57. The van der Waals surface area contributed by atoms with Crippen molar-refractivity contribution >= 4 is 33.3 Å². The molecular weight excluding hydrogens is 631 g/mol. The highest BCUT2D eigenvalue weighted by atomic mass is 16.3. The van der Waals surface area contributed by atoms with Crippen molar-refractivity contribution in [2.45, 2.75) is 18.8 Å². The Morgan fingerprint density at radius 3 is 1.90 bits per heavy atom. The minimum Gasteiger partial charge on any atom is -0.455 e. The number of allylic oxidation sites excluding steroid dienone is 3. The fourth-order valence-electron chi connectivity index (χ4n) is 8.22. The van der Waals surface area contributed by atoms with E-state index in [1.165, 1.54) is 33.4 Å². The molecule has 1 heterocycles. The molecule has 1 aromatic heterocycles. The average molecular weight is 670 g/mol. The Bertz CT molecular complexity index is 2540. The van der Waals surface area contributed by atoms with Gasteiger partial charge in [-0.1, -0.05) is 171 Å². The maximum atomic E-state index is 6.41. The van der Waals surface area contributed by atoms with Crippen LogP contribution >= 0.6 is 0 Å². The SMILES string of the molecule is CC/C=C\C=C/CN(c1ccc(-c2cccc3c2oc2ccccc23)cc1)c1ccc2c(c1)C(c1ccccc1)(c1ccccc1)c1ccccc1-2. The molecule has 9 rings (SSSR count). The van der Waals surface area contributed by atoms with Crippen LogP contribution in [-0.2, 0) is 5.41 Å². The molecule has 2 heteroatoms. The van der Waals surface area contributed by atoms with E-state index in [4.69, 9.17) is 4.42 Å². The van der Waals surface area contributed by atoms with Crippen LogP contribution < -0.4 is 4.90 Å². The summed E-state index contributed by atoms with van der Waals surface area (Å²) in [5.41, 5.74) is 13.6. The van der Waals surface area contributed by atoms with Crippen LogP contribution in [-0.4, -0.2) is 6.54 Å². The third-order valence-corrected chi connectivity index (χ3v) is 10.6. The zero-order chi connectivity index (χ0) is 34.9. The van der Waals surface area contributed by atoms with Crippen LogP contribution in [0.2, 0.25) is 0 Å². The third-order valence-electron chi connectivity index (χ3n) is 10.6. The van der Waals surface area contributed by atoms with Crippen molar-refractivity contribution in [3.8, 4) is 22.3 Å². The molecular formula is C50H39NO. The first kappa shape index (κ1) is 31.6. The summed E-state index contributed by atoms with van der Waals surface area (Å²) in [5, 5.41) is 2.29. The van der Waals surface area contributed by atoms with Crippen molar-refractivity contribution in [2.75, 3.05) is 11.4 Å². The van der Waals surface area contributed by atoms with Crippen LogP contribution in [0.1, 0.15) is 35.6 Å². The topological polar surface area (TPSA) is 16.4 Å². The van der Waals surface area contributed by atoms with Gasteiger partial charge in [0.2, 0.25) is 0 Å². The molecule has 0 N–H and O–H groups in total. The largest absolute Gasteiger partial charge is 0.455 e. The number of benzene rings is 7. The zero-order valence-corrected chi connectivity index (χ0v) is 29.2. The standard InChI is InChI=1S/C50H39NO/c1-2-3-4-5-16-34-51(39-30-28-36(29-31-39)41-24-17-25-45-44-23-13-15-27-48(44)52-49(41)45)40-32-33-43-42-22-12-14-26-46(42)50(47(43)35-40,37-18-8-6-9-19-37)38-20-10-7-11-21-38/h3-33,35H,2,34H2,1H3/b4-3-,16-5-. The van der Waals surface area contributed by atoms with Crippen molar-refractivity contribution in [2.24, 2.45) is 0 Å². The number of furan rings is 1. The van der Waals surface area contributed by atoms with Gasteiger partial charge in [-0.2, -0.15) is 0 Å². The van der Waals surface area contributed by atoms with Gasteiger partial charge < -0.3 is 9.32 Å². The summed E-state index contributed by atoms with van der Waals surface area (Å²) >= 11 is 0. The molecule has 250 valence electrons. The molecule has 0 bridgehead atoms. The molecule has 0 spiro atoms. The smallest absolute Gasteiger partial charge is 0.143 e. The van der Waals surface area contributed by atoms with Crippen molar-refractivity contribution < 1.29 is 4.42 Å². The fraction of sp³-hybridized carbons (Fsp3) is 0.0800. The Morgan fingerprint density at radius 1 is 0.519 bits per heavy atom. The summed E-state index contributed by atoms with van der Waals surface area (Å²) in [6, 6.07) is 61.7. The Labute approximate surface area is 305 Å². The molecule has 0 fully saturated rings. The molecule has 0 radical (unpaired) electrons. The third kappa shape index (κ3) is 5.18. The Morgan fingerprint density at radius 2 is 1.13 bits per heavy atom. The molecule has 1 aliphatic carbocycles. The highest BCUT2D eigenvalue weighted by Gasteiger charge is 2.46. The second-order valence-corrected chi connectivity index (χ2v) is 13.5. The van der Waals surface area contributed by atoms with E-state index in [0.29, 0.717) is 0 Å². The second kappa shape index (κ2) is 13.4. The predicted octanol–water partition coefficient (Wildman–Crippen LogP) is 13.3. The molecule has 0 atom stereocenters. The highest BCUT2D eigenvalue weighted by molar-refractivity contribution is 6.09. The molecule has 52 heavy (non-hydrogen) atoms. The van der Waals surface area contributed by atoms with Gasteiger partial charge in [-0.15, -0.1) is 0 Å². The lowest BCUT2D eigenvalue weighted by Gasteiger charge is -2.34. The summed E-state index contributed by atoms with van der Waals surface area (Å²) in [4.78, 5) is 2.42. The Kier molecular flexibility index (Phi) is 8.14. The van der Waals surface area contributed by atoms with Gasteiger partial charge in [0.25, 0.3) is 0 Å². The number of para-hydroxylation sites is 2. The van der Waals surface area contributed by atoms with Gasteiger partial charge in [0.05, 0.1) is 5.41 Å². The van der Waals surface area contributed by atoms with E-state index in [9.17, 15) is 0 Å². The summed E-state index contributed by atoms with van der Waals surface area (Å²) in [7, 11) is 0. The monoisotopic (exact) mass is 669 g/mol. The van der Waals surface area contributed by atoms with Crippen molar-refractivity contribution in [1.29, 1.82) is 0 Å². The van der Waals surface area contributed by atoms with Gasteiger partial charge in [-0.05, 0) is 75.7 Å². The van der Waals surface area contributed by atoms with Crippen LogP contribution in [0.5, 0.6) is 0 Å². The lowest BCUT2D eigenvalue weighted by molar-refractivity contribution is 0.670. The van der Waals surface area contributed by atoms with Gasteiger partial charge >= 0.3 is 0 Å². The molecule has 2 nitrogen and oxygen atoms in total. The molecule has 0 saturated carbocycles. The number of fused-ring (bicyclic) bond motifs is 6. The van der Waals surface area contributed by atoms with Crippen molar-refractivity contribution in [3.63, 3.8) is 0 Å². The maximum Gasteiger partial charge on any atom is 0.143 e. The molecule has 0 aliphatic heterocycles. The van der Waals surface area contributed by atoms with E-state index < -0.39 is 5.41 Å². The van der Waals surface area contributed by atoms with Gasteiger partial charge in [0, 0.05) is 34.3 Å². The first-order valence-corrected chi connectivity index (χ1v) is 18.2. The Hall–Kier alpha value is -6.38. The number of hydrogen-bond donors (Lipinski definition) is 0. The van der Waals surface area contributed by atoms with Gasteiger partial charge in [0.1, 0.15) is 11.2 Å². The molecule has 8 aromatic rings. The van der Waals surface area contributed by atoms with Crippen LogP contribution in [0, 0.1) is 0 Å². The van der Waals surface area contributed by atoms with Crippen molar-refractivity contribution in [3.05, 3.63) is 216 Å². The number of anilines is 2. The summed E-state index contributed by atoms with van der Waals surface area (Å²) in [6.45, 7) is 2.89. The molecule has 1 aliphatic rings. The maximum absolute atomic E-state index is 6.41. The first-order chi connectivity index (χ1) is 25.8. The van der Waals surface area contributed by atoms with Crippen molar-refractivity contribution in [1.82, 2.24) is 0 Å². The fourth-order valence-corrected chi connectivity index (χ4v) is 8.22. The average Bonchev–Trinajstić information content (AvgIpc) is 3.74. The Balaban J connectivity index is 1.19. The summed E-state index contributed by atoms with van der Waals surface area (Å²) < 4.78 is 6.41. The first-order valence-electron chi connectivity index (χ1n) is 18.2. The molecule has 0 unspecified atom stereocenters. The minimum atomic E-state index is -0.453. The van der Waals surface area contributed by atoms with Crippen LogP contribution in [0.25, 0.3) is 44.2 Å². The van der Waals surface area contributed by atoms with E-state index in [-0.39, 0.29) is 0 Å². The van der Waals surface area contributed by atoms with E-state index in [2.05, 4.69) is 194 Å². The summed E-state index contributed by atoms with van der Waals surface area (Å²) in [5.74, 6) is 0. The molecule has 0 amide bonds. The van der Waals surface area contributed by atoms with Crippen LogP contribution in [0.4, 0.5) is 11.4 Å². The lowest BCUT2D eigenvalue weighted by Crippen LogP contribution is -2.29. The number of nitrogens with zero attached hydrogens (tertiary/aromatic N) is 1. The van der Waals surface area contributed by atoms with E-state index >= 15 is 0 Å². The number of hydrogen-bond acceptors (Lipinski definition) is 2. The van der Waals surface area contributed by atoms with E-state index in [0.717, 1.165) is 57.4 Å². The van der Waals surface area contributed by atoms with E-state index in [1.54, 1.807) is 0 Å². The predicted molar refractivity (Wildman–Crippen MR) is 218 cm³/mol. The molecule has 0 saturated heterocycles. The quantitative estimate of drug-likeness (QED) is 0.142. The molecule has 7 aromatic carbocycles. The second-order valence-electron chi connectivity index (χ2n) is 13.5. The van der Waals surface area contributed by atoms with Crippen LogP contribution in [0.15, 0.2) is 199 Å². The van der Waals surface area contributed by atoms with E-state index in [1.807, 2.05) is 12.1 Å². The number of rotatable bonds is 9. The van der Waals surface area contributed by atoms with Gasteiger partial charge in [0.15, 0.2) is 0 Å². The zero-order valence-electron chi connectivity index (χ0n) is 29.2. The van der Waals surface area contributed by atoms with Crippen LogP contribution in [0.3, 0.4) is 0 Å². The van der Waals surface area contributed by atoms with Gasteiger partial charge in [-0.25, -0.2) is 0 Å². The van der Waals surface area contributed by atoms with Gasteiger partial charge in [-0.3, -0.25) is 0 Å².